The predicted molar refractivity (Wildman–Crippen MR) is 42.6 cm³/mol. The molecule has 1 saturated heterocycles. The number of urea groups is 1. The van der Waals surface area contributed by atoms with Crippen LogP contribution in [-0.4, -0.2) is 17.4 Å². The summed E-state index contributed by atoms with van der Waals surface area (Å²) in [4.78, 5) is 10.8. The highest BCUT2D eigenvalue weighted by Gasteiger charge is 2.41. The van der Waals surface area contributed by atoms with Gasteiger partial charge in [-0.05, 0) is 12.8 Å². The van der Waals surface area contributed by atoms with E-state index in [2.05, 4.69) is 10.6 Å². The molecule has 2 amide bonds. The zero-order chi connectivity index (χ0) is 8.65. The predicted octanol–water partition coefficient (Wildman–Crippen LogP) is 0.691. The van der Waals surface area contributed by atoms with Crippen LogP contribution in [0.15, 0.2) is 0 Å². The molecule has 0 radical (unpaired) electrons. The minimum atomic E-state index is -0.503. The van der Waals surface area contributed by atoms with E-state index >= 15 is 0 Å². The van der Waals surface area contributed by atoms with Gasteiger partial charge in [0.25, 0.3) is 0 Å². The van der Waals surface area contributed by atoms with E-state index in [9.17, 15) is 4.79 Å². The van der Waals surface area contributed by atoms with Crippen molar-refractivity contribution in [1.29, 1.82) is 5.41 Å². The van der Waals surface area contributed by atoms with Gasteiger partial charge >= 0.3 is 6.03 Å². The standard InChI is InChI=1S/C7H13N3O/c1-4(2)7(3)5(8)9-6(11)10-7/h4H,1-3H3,(H3,8,9,10,11). The lowest BCUT2D eigenvalue weighted by Gasteiger charge is -2.26. The summed E-state index contributed by atoms with van der Waals surface area (Å²) in [7, 11) is 0. The lowest BCUT2D eigenvalue weighted by atomic mass is 9.88. The van der Waals surface area contributed by atoms with Crippen LogP contribution in [0.2, 0.25) is 0 Å². The van der Waals surface area contributed by atoms with Crippen LogP contribution < -0.4 is 10.6 Å². The van der Waals surface area contributed by atoms with Crippen molar-refractivity contribution < 1.29 is 4.79 Å². The van der Waals surface area contributed by atoms with E-state index < -0.39 is 5.54 Å². The zero-order valence-electron chi connectivity index (χ0n) is 6.99. The van der Waals surface area contributed by atoms with Gasteiger partial charge in [-0.2, -0.15) is 0 Å². The summed E-state index contributed by atoms with van der Waals surface area (Å²) in [5.74, 6) is 0.492. The molecule has 1 heterocycles. The Morgan fingerprint density at radius 3 is 2.27 bits per heavy atom. The van der Waals surface area contributed by atoms with Gasteiger partial charge in [0, 0.05) is 0 Å². The smallest absolute Gasteiger partial charge is 0.321 e. The van der Waals surface area contributed by atoms with Gasteiger partial charge in [0.1, 0.15) is 5.84 Å². The summed E-state index contributed by atoms with van der Waals surface area (Å²) < 4.78 is 0. The van der Waals surface area contributed by atoms with Crippen LogP contribution in [0.5, 0.6) is 0 Å². The maximum atomic E-state index is 10.8. The Balaban J connectivity index is 2.87. The van der Waals surface area contributed by atoms with E-state index in [1.807, 2.05) is 20.8 Å². The van der Waals surface area contributed by atoms with Crippen LogP contribution in [0.25, 0.3) is 0 Å². The van der Waals surface area contributed by atoms with Crippen molar-refractivity contribution in [2.24, 2.45) is 5.92 Å². The van der Waals surface area contributed by atoms with E-state index in [1.54, 1.807) is 0 Å². The molecule has 11 heavy (non-hydrogen) atoms. The molecule has 1 unspecified atom stereocenters. The molecule has 4 heteroatoms. The summed E-state index contributed by atoms with van der Waals surface area (Å²) in [5, 5.41) is 12.6. The summed E-state index contributed by atoms with van der Waals surface area (Å²) in [6.07, 6.45) is 0. The first-order valence-corrected chi connectivity index (χ1v) is 3.65. The molecule has 0 bridgehead atoms. The number of hydrogen-bond acceptors (Lipinski definition) is 2. The van der Waals surface area contributed by atoms with Gasteiger partial charge in [-0.1, -0.05) is 13.8 Å². The van der Waals surface area contributed by atoms with E-state index in [0.29, 0.717) is 0 Å². The molecule has 1 atom stereocenters. The number of carbonyl (C=O) groups excluding carboxylic acids is 1. The van der Waals surface area contributed by atoms with Crippen molar-refractivity contribution in [3.8, 4) is 0 Å². The van der Waals surface area contributed by atoms with Crippen LogP contribution in [-0.2, 0) is 0 Å². The van der Waals surface area contributed by atoms with Gasteiger partial charge in [0.15, 0.2) is 0 Å². The largest absolute Gasteiger partial charge is 0.325 e. The third-order valence-corrected chi connectivity index (χ3v) is 2.29. The van der Waals surface area contributed by atoms with Crippen molar-refractivity contribution in [3.05, 3.63) is 0 Å². The van der Waals surface area contributed by atoms with Crippen LogP contribution >= 0.6 is 0 Å². The van der Waals surface area contributed by atoms with Gasteiger partial charge in [0.2, 0.25) is 0 Å². The molecule has 0 spiro atoms. The first-order valence-electron chi connectivity index (χ1n) is 3.65. The first kappa shape index (κ1) is 8.04. The Bertz CT molecular complexity index is 212. The molecule has 0 aliphatic carbocycles. The Labute approximate surface area is 65.9 Å². The van der Waals surface area contributed by atoms with Gasteiger partial charge in [-0.15, -0.1) is 0 Å². The van der Waals surface area contributed by atoms with Crippen LogP contribution in [0.4, 0.5) is 4.79 Å². The molecular formula is C7H13N3O. The third-order valence-electron chi connectivity index (χ3n) is 2.29. The average Bonchev–Trinajstić information content (AvgIpc) is 2.08. The number of hydrogen-bond donors (Lipinski definition) is 3. The van der Waals surface area contributed by atoms with Crippen molar-refractivity contribution in [3.63, 3.8) is 0 Å². The minimum Gasteiger partial charge on any atom is -0.325 e. The lowest BCUT2D eigenvalue weighted by molar-refractivity contribution is 0.241. The van der Waals surface area contributed by atoms with Crippen molar-refractivity contribution in [1.82, 2.24) is 10.6 Å². The van der Waals surface area contributed by atoms with E-state index in [0.717, 1.165) is 0 Å². The molecule has 1 fully saturated rings. The Hall–Kier alpha value is -1.06. The lowest BCUT2D eigenvalue weighted by Crippen LogP contribution is -2.48. The fourth-order valence-corrected chi connectivity index (χ4v) is 1.01. The highest BCUT2D eigenvalue weighted by molar-refractivity contribution is 6.08. The molecule has 0 saturated carbocycles. The molecule has 1 aliphatic heterocycles. The van der Waals surface area contributed by atoms with Gasteiger partial charge < -0.3 is 5.32 Å². The molecule has 0 aromatic rings. The highest BCUT2D eigenvalue weighted by Crippen LogP contribution is 2.19. The highest BCUT2D eigenvalue weighted by atomic mass is 16.2. The van der Waals surface area contributed by atoms with Crippen molar-refractivity contribution in [2.75, 3.05) is 0 Å². The maximum absolute atomic E-state index is 10.8. The number of rotatable bonds is 1. The molecular weight excluding hydrogens is 142 g/mol. The number of amidine groups is 1. The maximum Gasteiger partial charge on any atom is 0.321 e. The van der Waals surface area contributed by atoms with Crippen LogP contribution in [0.3, 0.4) is 0 Å². The van der Waals surface area contributed by atoms with Gasteiger partial charge in [0.05, 0.1) is 5.54 Å². The minimum absolute atomic E-state index is 0.231. The Morgan fingerprint density at radius 1 is 1.55 bits per heavy atom. The van der Waals surface area contributed by atoms with Crippen molar-refractivity contribution >= 4 is 11.9 Å². The van der Waals surface area contributed by atoms with E-state index in [-0.39, 0.29) is 17.8 Å². The monoisotopic (exact) mass is 155 g/mol. The normalized spacial score (nSPS) is 30.5. The van der Waals surface area contributed by atoms with Crippen LogP contribution in [0, 0.1) is 11.3 Å². The Kier molecular flexibility index (Phi) is 1.62. The molecule has 0 aromatic carbocycles. The zero-order valence-corrected chi connectivity index (χ0v) is 6.99. The first-order chi connectivity index (χ1) is 4.97. The summed E-state index contributed by atoms with van der Waals surface area (Å²) in [6, 6.07) is -0.272. The third kappa shape index (κ3) is 1.08. The molecule has 4 nitrogen and oxygen atoms in total. The second-order valence-corrected chi connectivity index (χ2v) is 3.31. The Morgan fingerprint density at radius 2 is 2.09 bits per heavy atom. The summed E-state index contributed by atoms with van der Waals surface area (Å²) in [6.45, 7) is 5.79. The van der Waals surface area contributed by atoms with E-state index in [1.165, 1.54) is 0 Å². The average molecular weight is 155 g/mol. The second-order valence-electron chi connectivity index (χ2n) is 3.31. The topological polar surface area (TPSA) is 65.0 Å². The summed E-state index contributed by atoms with van der Waals surface area (Å²) in [5.41, 5.74) is -0.503. The molecule has 62 valence electrons. The molecule has 3 N–H and O–H groups in total. The van der Waals surface area contributed by atoms with Gasteiger partial charge in [-0.3, -0.25) is 10.7 Å². The van der Waals surface area contributed by atoms with Crippen LogP contribution in [0.1, 0.15) is 20.8 Å². The van der Waals surface area contributed by atoms with Crippen molar-refractivity contribution in [2.45, 2.75) is 26.3 Å². The fourth-order valence-electron chi connectivity index (χ4n) is 1.01. The second kappa shape index (κ2) is 2.22. The summed E-state index contributed by atoms with van der Waals surface area (Å²) >= 11 is 0. The fraction of sp³-hybridized carbons (Fsp3) is 0.714. The number of nitrogens with one attached hydrogen (secondary N) is 3. The number of carbonyl (C=O) groups is 1. The quantitative estimate of drug-likeness (QED) is 0.512. The SMILES string of the molecule is CC(C)C1(C)NC(=O)NC1=N. The number of amides is 2. The van der Waals surface area contributed by atoms with E-state index in [4.69, 9.17) is 5.41 Å². The molecule has 1 aliphatic rings. The van der Waals surface area contributed by atoms with Gasteiger partial charge in [-0.25, -0.2) is 4.79 Å². The molecule has 0 aromatic heterocycles. The molecule has 1 rings (SSSR count).